The second-order valence-corrected chi connectivity index (χ2v) is 6.95. The van der Waals surface area contributed by atoms with Gasteiger partial charge in [-0.05, 0) is 22.3 Å². The van der Waals surface area contributed by atoms with Crippen molar-refractivity contribution in [2.45, 2.75) is 11.8 Å². The molecule has 1 saturated heterocycles. The van der Waals surface area contributed by atoms with Crippen molar-refractivity contribution in [3.63, 3.8) is 0 Å². The summed E-state index contributed by atoms with van der Waals surface area (Å²) in [7, 11) is 0. The zero-order chi connectivity index (χ0) is 16.4. The fourth-order valence-electron chi connectivity index (χ4n) is 5.12. The highest BCUT2D eigenvalue weighted by Gasteiger charge is 2.61. The minimum absolute atomic E-state index is 0.00124. The quantitative estimate of drug-likeness (QED) is 0.843. The summed E-state index contributed by atoms with van der Waals surface area (Å²) in [4.78, 5) is 27.5. The molecule has 4 heteroatoms. The van der Waals surface area contributed by atoms with Crippen LogP contribution in [0.4, 0.5) is 0 Å². The number of carbonyl (C=O) groups excluding carboxylic acids is 2. The Morgan fingerprint density at radius 1 is 0.750 bits per heavy atom. The molecule has 1 aliphatic heterocycles. The van der Waals surface area contributed by atoms with Gasteiger partial charge in [0, 0.05) is 11.8 Å². The van der Waals surface area contributed by atoms with E-state index in [1.165, 1.54) is 27.2 Å². The molecule has 4 aliphatic rings. The lowest BCUT2D eigenvalue weighted by molar-refractivity contribution is -0.367. The summed E-state index contributed by atoms with van der Waals surface area (Å²) in [5.74, 6) is -0.518. The average molecular weight is 319 g/mol. The number of hydrogen-bond acceptors (Lipinski definition) is 2. The molecule has 1 fully saturated rings. The van der Waals surface area contributed by atoms with Gasteiger partial charge in [0.1, 0.15) is 0 Å². The molecule has 24 heavy (non-hydrogen) atoms. The van der Waals surface area contributed by atoms with Crippen molar-refractivity contribution in [3.8, 4) is 0 Å². The molecule has 0 unspecified atom stereocenters. The molecule has 0 saturated carbocycles. The first-order valence-corrected chi connectivity index (χ1v) is 8.56. The first kappa shape index (κ1) is 13.9. The van der Waals surface area contributed by atoms with Crippen LogP contribution in [0.25, 0.3) is 0 Å². The molecule has 0 spiro atoms. The lowest BCUT2D eigenvalue weighted by Gasteiger charge is -2.45. The van der Waals surface area contributed by atoms with Crippen LogP contribution in [-0.2, 0) is 9.59 Å². The zero-order valence-electron chi connectivity index (χ0n) is 13.3. The maximum atomic E-state index is 13.0. The van der Waals surface area contributed by atoms with Crippen LogP contribution >= 0.6 is 0 Å². The van der Waals surface area contributed by atoms with E-state index in [0.717, 1.165) is 0 Å². The molecule has 1 heterocycles. The Balaban J connectivity index is 1.77. The van der Waals surface area contributed by atoms with Crippen molar-refractivity contribution in [3.05, 3.63) is 70.8 Å². The van der Waals surface area contributed by atoms with Gasteiger partial charge in [0.15, 0.2) is 0 Å². The van der Waals surface area contributed by atoms with Crippen molar-refractivity contribution in [2.75, 3.05) is 13.1 Å². The predicted molar refractivity (Wildman–Crippen MR) is 88.0 cm³/mol. The molecule has 6 rings (SSSR count). The smallest absolute Gasteiger partial charge is 0.234 e. The molecular weight excluding hydrogens is 300 g/mol. The largest absolute Gasteiger partial charge is 0.356 e. The number of likely N-dealkylation sites (tertiary alicyclic amines) is 1. The van der Waals surface area contributed by atoms with E-state index < -0.39 is 0 Å². The Morgan fingerprint density at radius 2 is 1.12 bits per heavy atom. The molecule has 4 nitrogen and oxygen atoms in total. The number of benzene rings is 2. The van der Waals surface area contributed by atoms with E-state index in [4.69, 9.17) is 0 Å². The molecule has 2 aromatic rings. The van der Waals surface area contributed by atoms with Crippen LogP contribution in [0.3, 0.4) is 0 Å². The summed E-state index contributed by atoms with van der Waals surface area (Å²) in [6, 6.07) is 16.6. The van der Waals surface area contributed by atoms with Gasteiger partial charge in [0.2, 0.25) is 11.8 Å². The topological polar surface area (TPSA) is 65.0 Å². The molecule has 3 aliphatic carbocycles. The van der Waals surface area contributed by atoms with E-state index in [1.807, 2.05) is 24.3 Å². The van der Waals surface area contributed by atoms with Crippen LogP contribution in [0.15, 0.2) is 48.5 Å². The lowest BCUT2D eigenvalue weighted by atomic mass is 9.55. The van der Waals surface area contributed by atoms with Gasteiger partial charge in [0.25, 0.3) is 0 Å². The number of imide groups is 1. The van der Waals surface area contributed by atoms with Crippen LogP contribution < -0.4 is 5.73 Å². The van der Waals surface area contributed by atoms with Crippen LogP contribution in [0.2, 0.25) is 0 Å². The van der Waals surface area contributed by atoms with E-state index in [-0.39, 0.29) is 35.5 Å². The molecule has 0 radical (unpaired) electrons. The van der Waals surface area contributed by atoms with E-state index in [9.17, 15) is 9.59 Å². The van der Waals surface area contributed by atoms with Crippen LogP contribution in [0.5, 0.6) is 0 Å². The normalized spacial score (nSPS) is 29.5. The molecule has 2 bridgehead atoms. The lowest BCUT2D eigenvalue weighted by Crippen LogP contribution is -2.55. The third-order valence-corrected chi connectivity index (χ3v) is 5.92. The highest BCUT2D eigenvalue weighted by atomic mass is 16.2. The number of quaternary nitrogens is 1. The van der Waals surface area contributed by atoms with Gasteiger partial charge in [-0.3, -0.25) is 14.5 Å². The zero-order valence-corrected chi connectivity index (χ0v) is 13.3. The van der Waals surface area contributed by atoms with Crippen molar-refractivity contribution in [1.82, 2.24) is 4.90 Å². The fraction of sp³-hybridized carbons (Fsp3) is 0.300. The molecule has 3 N–H and O–H groups in total. The van der Waals surface area contributed by atoms with Crippen LogP contribution in [-0.4, -0.2) is 29.8 Å². The molecule has 2 amide bonds. The molecular formula is C20H19N2O2+. The van der Waals surface area contributed by atoms with E-state index in [0.29, 0.717) is 13.1 Å². The number of hydrogen-bond donors (Lipinski definition) is 1. The summed E-state index contributed by atoms with van der Waals surface area (Å²) >= 11 is 0. The first-order valence-electron chi connectivity index (χ1n) is 8.56. The molecule has 2 aromatic carbocycles. The predicted octanol–water partition coefficient (Wildman–Crippen LogP) is 1.12. The molecule has 2 atom stereocenters. The van der Waals surface area contributed by atoms with Crippen molar-refractivity contribution in [2.24, 2.45) is 11.8 Å². The monoisotopic (exact) mass is 319 g/mol. The van der Waals surface area contributed by atoms with E-state index in [1.54, 1.807) is 0 Å². The maximum absolute atomic E-state index is 13.0. The summed E-state index contributed by atoms with van der Waals surface area (Å²) < 4.78 is 0. The summed E-state index contributed by atoms with van der Waals surface area (Å²) in [5.41, 5.74) is 8.71. The number of rotatable bonds is 2. The number of carbonyl (C=O) groups is 2. The third kappa shape index (κ3) is 1.52. The van der Waals surface area contributed by atoms with Gasteiger partial charge in [0.05, 0.1) is 24.9 Å². The van der Waals surface area contributed by atoms with E-state index >= 15 is 0 Å². The second-order valence-electron chi connectivity index (χ2n) is 6.95. The van der Waals surface area contributed by atoms with Gasteiger partial charge in [-0.25, -0.2) is 0 Å². The number of nitrogens with zero attached hydrogens (tertiary/aromatic N) is 1. The Labute approximate surface area is 140 Å². The van der Waals surface area contributed by atoms with Crippen molar-refractivity contribution >= 4 is 11.8 Å². The highest BCUT2D eigenvalue weighted by molar-refractivity contribution is 6.07. The Kier molecular flexibility index (Phi) is 2.77. The van der Waals surface area contributed by atoms with Crippen molar-refractivity contribution < 1.29 is 15.3 Å². The van der Waals surface area contributed by atoms with Gasteiger partial charge < -0.3 is 5.73 Å². The Hall–Kier alpha value is -2.46. The third-order valence-electron chi connectivity index (χ3n) is 5.92. The average Bonchev–Trinajstić information content (AvgIpc) is 2.88. The minimum atomic E-state index is -0.251. The minimum Gasteiger partial charge on any atom is -0.356 e. The summed E-state index contributed by atoms with van der Waals surface area (Å²) in [5, 5.41) is 0. The first-order chi connectivity index (χ1) is 11.7. The highest BCUT2D eigenvalue weighted by Crippen LogP contribution is 2.60. The fourth-order valence-corrected chi connectivity index (χ4v) is 5.12. The number of amides is 2. The maximum Gasteiger partial charge on any atom is 0.234 e. The summed E-state index contributed by atoms with van der Waals surface area (Å²) in [6.45, 7) is 0.989. The van der Waals surface area contributed by atoms with Crippen LogP contribution in [0, 0.1) is 11.8 Å². The molecule has 0 aromatic heterocycles. The van der Waals surface area contributed by atoms with Gasteiger partial charge in [-0.15, -0.1) is 0 Å². The summed E-state index contributed by atoms with van der Waals surface area (Å²) in [6.07, 6.45) is 0. The second kappa shape index (κ2) is 4.77. The van der Waals surface area contributed by atoms with Gasteiger partial charge in [-0.1, -0.05) is 48.5 Å². The van der Waals surface area contributed by atoms with E-state index in [2.05, 4.69) is 30.0 Å². The van der Waals surface area contributed by atoms with Gasteiger partial charge >= 0.3 is 0 Å². The van der Waals surface area contributed by atoms with Crippen molar-refractivity contribution in [1.29, 1.82) is 0 Å². The standard InChI is InChI=1S/C20H18N2O2/c21-9-10-22-19(23)17-15-11-5-1-2-6-12(11)16(18(17)20(22)24)14-8-4-3-7-13(14)15/h1-8,15-18H,9-10,21H2/p+1/t15?,16?,17-,18-/m1/s1. The van der Waals surface area contributed by atoms with Crippen LogP contribution in [0.1, 0.15) is 34.1 Å². The SMILES string of the molecule is [NH3+]CCN1C(=O)[C@@H]2C3c4ccccc4C(c4ccccc43)[C@H]2C1=O. The van der Waals surface area contributed by atoms with Gasteiger partial charge in [-0.2, -0.15) is 0 Å². The Morgan fingerprint density at radius 3 is 1.46 bits per heavy atom. The Bertz CT molecular complexity index is 760. The molecule has 120 valence electrons.